The van der Waals surface area contributed by atoms with E-state index >= 15 is 0 Å². The van der Waals surface area contributed by atoms with Crippen molar-refractivity contribution in [2.45, 2.75) is 25.8 Å². The lowest BCUT2D eigenvalue weighted by Gasteiger charge is -2.01. The minimum Gasteiger partial charge on any atom is -0.345 e. The van der Waals surface area contributed by atoms with Gasteiger partial charge in [-0.05, 0) is 26.3 Å². The number of hydrogen-bond donors (Lipinski definition) is 2. The van der Waals surface area contributed by atoms with Crippen LogP contribution in [0.25, 0.3) is 0 Å². The predicted octanol–water partition coefficient (Wildman–Crippen LogP) is 0.800. The zero-order valence-corrected chi connectivity index (χ0v) is 9.82. The Bertz CT molecular complexity index is 421. The number of rotatable bonds is 4. The molecule has 1 aromatic heterocycles. The second-order valence-corrected chi connectivity index (χ2v) is 4.24. The second-order valence-electron chi connectivity index (χ2n) is 4.24. The van der Waals surface area contributed by atoms with Gasteiger partial charge in [0.05, 0.1) is 6.04 Å². The lowest BCUT2D eigenvalue weighted by Crippen LogP contribution is -2.26. The molecule has 17 heavy (non-hydrogen) atoms. The molecule has 0 aliphatic carbocycles. The molecule has 2 N–H and O–H groups in total. The van der Waals surface area contributed by atoms with Crippen molar-refractivity contribution in [2.75, 3.05) is 13.1 Å². The fourth-order valence-electron chi connectivity index (χ4n) is 1.67. The van der Waals surface area contributed by atoms with Crippen LogP contribution >= 0.6 is 0 Å². The highest BCUT2D eigenvalue weighted by molar-refractivity contribution is 5.90. The Balaban J connectivity index is 1.97. The molecule has 92 valence electrons. The Labute approximate surface area is 99.5 Å². The van der Waals surface area contributed by atoms with Crippen LogP contribution in [0.1, 0.15) is 42.3 Å². The maximum atomic E-state index is 11.6. The van der Waals surface area contributed by atoms with Crippen LogP contribution in [-0.2, 0) is 0 Å². The predicted molar refractivity (Wildman–Crippen MR) is 61.4 cm³/mol. The number of amides is 1. The maximum Gasteiger partial charge on any atom is 0.292 e. The molecule has 6 heteroatoms. The van der Waals surface area contributed by atoms with Crippen molar-refractivity contribution in [3.8, 4) is 0 Å². The Kier molecular flexibility index (Phi) is 3.53. The SMILES string of the molecule is C=C(C)CNC(=O)c1noc(C2CCCN2)n1. The van der Waals surface area contributed by atoms with Crippen LogP contribution in [0.5, 0.6) is 0 Å². The molecule has 2 rings (SSSR count). The summed E-state index contributed by atoms with van der Waals surface area (Å²) in [4.78, 5) is 15.7. The maximum absolute atomic E-state index is 11.6. The summed E-state index contributed by atoms with van der Waals surface area (Å²) in [7, 11) is 0. The lowest BCUT2D eigenvalue weighted by molar-refractivity contribution is 0.0943. The number of aromatic nitrogens is 2. The van der Waals surface area contributed by atoms with Crippen molar-refractivity contribution in [3.05, 3.63) is 23.9 Å². The molecule has 1 amide bonds. The molecule has 0 aromatic carbocycles. The van der Waals surface area contributed by atoms with Crippen molar-refractivity contribution in [3.63, 3.8) is 0 Å². The highest BCUT2D eigenvalue weighted by atomic mass is 16.5. The van der Waals surface area contributed by atoms with E-state index in [1.807, 2.05) is 6.92 Å². The van der Waals surface area contributed by atoms with Crippen LogP contribution in [0.4, 0.5) is 0 Å². The van der Waals surface area contributed by atoms with Crippen molar-refractivity contribution >= 4 is 5.91 Å². The average Bonchev–Trinajstić information content (AvgIpc) is 2.94. The molecule has 1 fully saturated rings. The van der Waals surface area contributed by atoms with E-state index in [0.29, 0.717) is 12.4 Å². The van der Waals surface area contributed by atoms with Gasteiger partial charge in [-0.25, -0.2) is 0 Å². The zero-order valence-electron chi connectivity index (χ0n) is 9.82. The molecular formula is C11H16N4O2. The van der Waals surface area contributed by atoms with Gasteiger partial charge in [0.1, 0.15) is 0 Å². The molecule has 1 aliphatic heterocycles. The fourth-order valence-corrected chi connectivity index (χ4v) is 1.67. The number of nitrogens with one attached hydrogen (secondary N) is 2. The molecule has 0 spiro atoms. The summed E-state index contributed by atoms with van der Waals surface area (Å²) in [5.41, 5.74) is 0.875. The van der Waals surface area contributed by atoms with Crippen molar-refractivity contribution in [1.82, 2.24) is 20.8 Å². The third-order valence-electron chi connectivity index (χ3n) is 2.55. The summed E-state index contributed by atoms with van der Waals surface area (Å²) in [5, 5.41) is 9.56. The molecule has 1 aliphatic rings. The van der Waals surface area contributed by atoms with E-state index in [1.165, 1.54) is 0 Å². The summed E-state index contributed by atoms with van der Waals surface area (Å²) >= 11 is 0. The third-order valence-corrected chi connectivity index (χ3v) is 2.55. The first-order valence-corrected chi connectivity index (χ1v) is 5.66. The Morgan fingerprint density at radius 3 is 3.18 bits per heavy atom. The Morgan fingerprint density at radius 2 is 2.53 bits per heavy atom. The first-order valence-electron chi connectivity index (χ1n) is 5.66. The second kappa shape index (κ2) is 5.09. The quantitative estimate of drug-likeness (QED) is 0.756. The summed E-state index contributed by atoms with van der Waals surface area (Å²) in [6, 6.07) is 0.0881. The topological polar surface area (TPSA) is 80.0 Å². The van der Waals surface area contributed by atoms with E-state index < -0.39 is 0 Å². The van der Waals surface area contributed by atoms with Gasteiger partial charge in [0.2, 0.25) is 5.89 Å². The molecular weight excluding hydrogens is 220 g/mol. The first-order chi connectivity index (χ1) is 8.16. The molecule has 0 bridgehead atoms. The molecule has 6 nitrogen and oxygen atoms in total. The van der Waals surface area contributed by atoms with Gasteiger partial charge in [-0.1, -0.05) is 17.3 Å². The number of nitrogens with zero attached hydrogens (tertiary/aromatic N) is 2. The molecule has 1 atom stereocenters. The van der Waals surface area contributed by atoms with Crippen LogP contribution in [0.15, 0.2) is 16.7 Å². The van der Waals surface area contributed by atoms with Crippen molar-refractivity contribution in [1.29, 1.82) is 0 Å². The zero-order chi connectivity index (χ0) is 12.3. The van der Waals surface area contributed by atoms with E-state index in [0.717, 1.165) is 25.0 Å². The van der Waals surface area contributed by atoms with Crippen molar-refractivity contribution in [2.24, 2.45) is 0 Å². The van der Waals surface area contributed by atoms with Crippen LogP contribution in [-0.4, -0.2) is 29.1 Å². The molecule has 1 saturated heterocycles. The van der Waals surface area contributed by atoms with Gasteiger partial charge in [-0.15, -0.1) is 0 Å². The normalized spacial score (nSPS) is 19.2. The van der Waals surface area contributed by atoms with E-state index in [4.69, 9.17) is 4.52 Å². The minimum atomic E-state index is -0.332. The highest BCUT2D eigenvalue weighted by Crippen LogP contribution is 2.20. The average molecular weight is 236 g/mol. The highest BCUT2D eigenvalue weighted by Gasteiger charge is 2.24. The molecule has 1 unspecified atom stereocenters. The molecule has 1 aromatic rings. The summed E-state index contributed by atoms with van der Waals surface area (Å²) < 4.78 is 5.07. The van der Waals surface area contributed by atoms with Gasteiger partial charge < -0.3 is 15.2 Å². The number of carbonyl (C=O) groups is 1. The van der Waals surface area contributed by atoms with Crippen LogP contribution in [0, 0.1) is 0 Å². The molecule has 2 heterocycles. The van der Waals surface area contributed by atoms with E-state index in [9.17, 15) is 4.79 Å². The standard InChI is InChI=1S/C11H16N4O2/c1-7(2)6-13-10(16)9-14-11(17-15-9)8-4-3-5-12-8/h8,12H,1,3-6H2,2H3,(H,13,16). The third kappa shape index (κ3) is 2.91. The summed E-state index contributed by atoms with van der Waals surface area (Å²) in [5.74, 6) is 0.235. The molecule has 0 radical (unpaired) electrons. The van der Waals surface area contributed by atoms with Gasteiger partial charge in [-0.3, -0.25) is 4.79 Å². The van der Waals surface area contributed by atoms with Crippen LogP contribution in [0.3, 0.4) is 0 Å². The van der Waals surface area contributed by atoms with Gasteiger partial charge in [0.25, 0.3) is 11.7 Å². The smallest absolute Gasteiger partial charge is 0.292 e. The van der Waals surface area contributed by atoms with E-state index in [1.54, 1.807) is 0 Å². The van der Waals surface area contributed by atoms with Crippen LogP contribution < -0.4 is 10.6 Å². The van der Waals surface area contributed by atoms with Crippen LogP contribution in [0.2, 0.25) is 0 Å². The first kappa shape index (κ1) is 11.8. The van der Waals surface area contributed by atoms with Gasteiger partial charge >= 0.3 is 0 Å². The minimum absolute atomic E-state index is 0.0787. The van der Waals surface area contributed by atoms with Crippen molar-refractivity contribution < 1.29 is 9.32 Å². The Hall–Kier alpha value is -1.69. The van der Waals surface area contributed by atoms with E-state index in [2.05, 4.69) is 27.4 Å². The fraction of sp³-hybridized carbons (Fsp3) is 0.545. The molecule has 0 saturated carbocycles. The number of carbonyl (C=O) groups excluding carboxylic acids is 1. The monoisotopic (exact) mass is 236 g/mol. The van der Waals surface area contributed by atoms with Gasteiger partial charge in [0, 0.05) is 6.54 Å². The lowest BCUT2D eigenvalue weighted by atomic mass is 10.2. The van der Waals surface area contributed by atoms with Gasteiger partial charge in [0.15, 0.2) is 0 Å². The Morgan fingerprint density at radius 1 is 1.71 bits per heavy atom. The van der Waals surface area contributed by atoms with Gasteiger partial charge in [-0.2, -0.15) is 4.98 Å². The summed E-state index contributed by atoms with van der Waals surface area (Å²) in [6.07, 6.45) is 2.05. The largest absolute Gasteiger partial charge is 0.345 e. The number of hydrogen-bond acceptors (Lipinski definition) is 5. The van der Waals surface area contributed by atoms with E-state index in [-0.39, 0.29) is 17.8 Å². The summed E-state index contributed by atoms with van der Waals surface area (Å²) in [6.45, 7) is 6.91.